The maximum atomic E-state index is 13.1. The number of para-hydroxylation sites is 1. The molecular weight excluding hydrogens is 362 g/mol. The van der Waals surface area contributed by atoms with Gasteiger partial charge in [0.1, 0.15) is 0 Å². The largest absolute Gasteiger partial charge is 0.358 e. The van der Waals surface area contributed by atoms with Crippen molar-refractivity contribution < 1.29 is 9.59 Å². The number of fused-ring (bicyclic) bond motifs is 3. The number of rotatable bonds is 3. The van der Waals surface area contributed by atoms with Crippen molar-refractivity contribution in [1.82, 2.24) is 15.2 Å². The highest BCUT2D eigenvalue weighted by atomic mass is 16.2. The number of hydrogen-bond donors (Lipinski definition) is 2. The predicted molar refractivity (Wildman–Crippen MR) is 111 cm³/mol. The van der Waals surface area contributed by atoms with Crippen molar-refractivity contribution in [2.45, 2.75) is 51.5 Å². The lowest BCUT2D eigenvalue weighted by Gasteiger charge is -2.55. The van der Waals surface area contributed by atoms with Crippen LogP contribution in [0.3, 0.4) is 0 Å². The second kappa shape index (κ2) is 6.35. The van der Waals surface area contributed by atoms with Gasteiger partial charge >= 0.3 is 0 Å². The summed E-state index contributed by atoms with van der Waals surface area (Å²) in [4.78, 5) is 31.4. The molecule has 0 atom stereocenters. The molecule has 2 N–H and O–H groups in total. The molecule has 2 heterocycles. The molecule has 0 unspecified atom stereocenters. The Kier molecular flexibility index (Phi) is 3.84. The van der Waals surface area contributed by atoms with Crippen LogP contribution in [0.1, 0.15) is 49.8 Å². The Morgan fingerprint density at radius 3 is 2.48 bits per heavy atom. The first-order valence-electron chi connectivity index (χ1n) is 11.2. The number of H-pyrrole nitrogens is 1. The van der Waals surface area contributed by atoms with E-state index in [9.17, 15) is 9.59 Å². The first kappa shape index (κ1) is 17.5. The zero-order chi connectivity index (χ0) is 19.6. The van der Waals surface area contributed by atoms with Crippen LogP contribution in [0.25, 0.3) is 10.9 Å². The number of benzene rings is 1. The van der Waals surface area contributed by atoms with Crippen LogP contribution in [0.5, 0.6) is 0 Å². The summed E-state index contributed by atoms with van der Waals surface area (Å²) in [6.07, 6.45) is 7.95. The number of carbonyl (C=O) groups is 2. The smallest absolute Gasteiger partial charge is 0.242 e. The second-order valence-electron chi connectivity index (χ2n) is 10.1. The van der Waals surface area contributed by atoms with Gasteiger partial charge in [0.15, 0.2) is 0 Å². The van der Waals surface area contributed by atoms with E-state index in [4.69, 9.17) is 0 Å². The molecule has 7 rings (SSSR count). The molecule has 4 bridgehead atoms. The maximum absolute atomic E-state index is 13.1. The molecule has 2 amide bonds. The van der Waals surface area contributed by atoms with E-state index in [1.807, 2.05) is 17.0 Å². The van der Waals surface area contributed by atoms with Crippen molar-refractivity contribution in [3.63, 3.8) is 0 Å². The minimum Gasteiger partial charge on any atom is -0.358 e. The summed E-state index contributed by atoms with van der Waals surface area (Å²) in [7, 11) is 0. The Labute approximate surface area is 171 Å². The van der Waals surface area contributed by atoms with Crippen LogP contribution >= 0.6 is 0 Å². The normalized spacial score (nSPS) is 32.4. The summed E-state index contributed by atoms with van der Waals surface area (Å²) in [6, 6.07) is 8.29. The third-order valence-corrected chi connectivity index (χ3v) is 8.16. The average molecular weight is 392 g/mol. The molecule has 4 fully saturated rings. The van der Waals surface area contributed by atoms with E-state index >= 15 is 0 Å². The van der Waals surface area contributed by atoms with Crippen LogP contribution in [0, 0.1) is 23.2 Å². The number of aromatic amines is 1. The molecule has 1 aliphatic heterocycles. The molecule has 0 spiro atoms. The first-order chi connectivity index (χ1) is 14.1. The van der Waals surface area contributed by atoms with Gasteiger partial charge in [-0.3, -0.25) is 9.59 Å². The van der Waals surface area contributed by atoms with Crippen LogP contribution in [-0.4, -0.2) is 34.8 Å². The Bertz CT molecular complexity index is 956. The fourth-order valence-electron chi connectivity index (χ4n) is 7.22. The third-order valence-electron chi connectivity index (χ3n) is 8.16. The van der Waals surface area contributed by atoms with Crippen molar-refractivity contribution >= 4 is 22.7 Å². The highest BCUT2D eigenvalue weighted by Crippen LogP contribution is 2.60. The molecule has 4 aliphatic carbocycles. The summed E-state index contributed by atoms with van der Waals surface area (Å²) < 4.78 is 0. The summed E-state index contributed by atoms with van der Waals surface area (Å²) in [5.41, 5.74) is 3.43. The van der Waals surface area contributed by atoms with E-state index in [1.165, 1.54) is 35.9 Å². The van der Waals surface area contributed by atoms with E-state index in [0.717, 1.165) is 49.0 Å². The fourth-order valence-corrected chi connectivity index (χ4v) is 7.22. The van der Waals surface area contributed by atoms with Gasteiger partial charge in [0, 0.05) is 47.1 Å². The molecule has 0 saturated heterocycles. The minimum atomic E-state index is -0.180. The van der Waals surface area contributed by atoms with Crippen molar-refractivity contribution in [3.05, 3.63) is 35.5 Å². The fraction of sp³-hybridized carbons (Fsp3) is 0.583. The Hall–Kier alpha value is -2.30. The molecule has 1 aromatic carbocycles. The molecule has 5 aliphatic rings. The van der Waals surface area contributed by atoms with Gasteiger partial charge in [-0.15, -0.1) is 0 Å². The molecule has 5 heteroatoms. The standard InChI is InChI=1S/C24H29N3O2/c28-22(27-6-5-21-19(14-27)18-3-1-2-4-20(18)26-21)13-25-23(29)24-10-15-7-16(11-24)9-17(8-15)12-24/h1-4,15-17,26H,5-14H2,(H,25,29). The van der Waals surface area contributed by atoms with Crippen LogP contribution in [0.15, 0.2) is 24.3 Å². The Morgan fingerprint density at radius 2 is 1.76 bits per heavy atom. The summed E-state index contributed by atoms with van der Waals surface area (Å²) >= 11 is 0. The van der Waals surface area contributed by atoms with Gasteiger partial charge in [-0.1, -0.05) is 18.2 Å². The van der Waals surface area contributed by atoms with Gasteiger partial charge in [-0.05, 0) is 62.3 Å². The molecule has 152 valence electrons. The first-order valence-corrected chi connectivity index (χ1v) is 11.2. The van der Waals surface area contributed by atoms with Crippen LogP contribution < -0.4 is 5.32 Å². The number of amides is 2. The van der Waals surface area contributed by atoms with E-state index in [2.05, 4.69) is 22.4 Å². The number of hydrogen-bond acceptors (Lipinski definition) is 2. The molecule has 2 aromatic rings. The number of carbonyl (C=O) groups excluding carboxylic acids is 2. The van der Waals surface area contributed by atoms with Crippen molar-refractivity contribution in [2.24, 2.45) is 23.2 Å². The van der Waals surface area contributed by atoms with Crippen LogP contribution in [0.2, 0.25) is 0 Å². The Balaban J connectivity index is 1.12. The molecule has 0 radical (unpaired) electrons. The minimum absolute atomic E-state index is 0.0407. The molecule has 1 aromatic heterocycles. The lowest BCUT2D eigenvalue weighted by Crippen LogP contribution is -2.55. The van der Waals surface area contributed by atoms with Gasteiger partial charge < -0.3 is 15.2 Å². The predicted octanol–water partition coefficient (Wildman–Crippen LogP) is 3.39. The zero-order valence-corrected chi connectivity index (χ0v) is 16.9. The monoisotopic (exact) mass is 391 g/mol. The third kappa shape index (κ3) is 2.81. The maximum Gasteiger partial charge on any atom is 0.242 e. The number of nitrogens with one attached hydrogen (secondary N) is 2. The van der Waals surface area contributed by atoms with E-state index in [0.29, 0.717) is 13.1 Å². The lowest BCUT2D eigenvalue weighted by molar-refractivity contribution is -0.148. The van der Waals surface area contributed by atoms with Gasteiger partial charge in [0.2, 0.25) is 11.8 Å². The molecule has 5 nitrogen and oxygen atoms in total. The molecule has 4 saturated carbocycles. The van der Waals surface area contributed by atoms with Gasteiger partial charge in [-0.2, -0.15) is 0 Å². The van der Waals surface area contributed by atoms with E-state index in [-0.39, 0.29) is 23.8 Å². The number of aromatic nitrogens is 1. The van der Waals surface area contributed by atoms with Gasteiger partial charge in [0.25, 0.3) is 0 Å². The summed E-state index contributed by atoms with van der Waals surface area (Å²) in [6.45, 7) is 1.48. The van der Waals surface area contributed by atoms with Crippen molar-refractivity contribution in [3.8, 4) is 0 Å². The zero-order valence-electron chi connectivity index (χ0n) is 16.9. The van der Waals surface area contributed by atoms with Crippen LogP contribution in [-0.2, 0) is 22.6 Å². The quantitative estimate of drug-likeness (QED) is 0.842. The van der Waals surface area contributed by atoms with Crippen LogP contribution in [0.4, 0.5) is 0 Å². The molecular formula is C24H29N3O2. The molecule has 29 heavy (non-hydrogen) atoms. The van der Waals surface area contributed by atoms with Crippen molar-refractivity contribution in [1.29, 1.82) is 0 Å². The topological polar surface area (TPSA) is 65.2 Å². The highest BCUT2D eigenvalue weighted by molar-refractivity contribution is 5.89. The second-order valence-corrected chi connectivity index (χ2v) is 10.1. The van der Waals surface area contributed by atoms with Gasteiger partial charge in [0.05, 0.1) is 6.54 Å². The average Bonchev–Trinajstić information content (AvgIpc) is 3.08. The highest BCUT2D eigenvalue weighted by Gasteiger charge is 2.54. The summed E-state index contributed by atoms with van der Waals surface area (Å²) in [5.74, 6) is 2.41. The van der Waals surface area contributed by atoms with E-state index < -0.39 is 0 Å². The SMILES string of the molecule is O=C(CNC(=O)C12CC3CC(CC(C3)C1)C2)N1CCc2[nH]c3ccccc3c2C1. The van der Waals surface area contributed by atoms with Gasteiger partial charge in [-0.25, -0.2) is 0 Å². The summed E-state index contributed by atoms with van der Waals surface area (Å²) in [5, 5.41) is 4.26. The van der Waals surface area contributed by atoms with E-state index in [1.54, 1.807) is 0 Å². The Morgan fingerprint density at radius 1 is 1.07 bits per heavy atom. The lowest BCUT2D eigenvalue weighted by atomic mass is 9.49. The van der Waals surface area contributed by atoms with Crippen molar-refractivity contribution in [2.75, 3.05) is 13.1 Å². The number of nitrogens with zero attached hydrogens (tertiary/aromatic N) is 1.